The number of aromatic nitrogens is 2. The van der Waals surface area contributed by atoms with Crippen molar-refractivity contribution in [3.05, 3.63) is 92.0 Å². The Morgan fingerprint density at radius 3 is 2.75 bits per heavy atom. The Morgan fingerprint density at radius 1 is 1.11 bits per heavy atom. The van der Waals surface area contributed by atoms with Crippen LogP contribution in [0, 0.1) is 6.92 Å². The van der Waals surface area contributed by atoms with Crippen molar-refractivity contribution >= 4 is 39.7 Å². The van der Waals surface area contributed by atoms with Gasteiger partial charge in [-0.15, -0.1) is 11.3 Å². The third-order valence-electron chi connectivity index (χ3n) is 4.60. The molecule has 0 fully saturated rings. The third kappa shape index (κ3) is 3.93. The summed E-state index contributed by atoms with van der Waals surface area (Å²) in [4.78, 5) is 32.8. The highest BCUT2D eigenvalue weighted by molar-refractivity contribution is 7.99. The Bertz CT molecular complexity index is 1190. The Kier molecular flexibility index (Phi) is 5.41. The van der Waals surface area contributed by atoms with Gasteiger partial charge in [0.25, 0.3) is 5.56 Å². The van der Waals surface area contributed by atoms with Gasteiger partial charge in [0, 0.05) is 12.0 Å². The number of nitrogens with one attached hydrogen (secondary N) is 1. The molecule has 0 unspecified atom stereocenters. The Balaban J connectivity index is 1.60. The van der Waals surface area contributed by atoms with Gasteiger partial charge in [0.15, 0.2) is 10.9 Å². The molecule has 0 aliphatic carbocycles. The minimum Gasteiger partial charge on any atom is -0.301 e. The summed E-state index contributed by atoms with van der Waals surface area (Å²) in [7, 11) is 0. The second-order valence-corrected chi connectivity index (χ2v) is 8.36. The fourth-order valence-corrected chi connectivity index (χ4v) is 4.58. The molecule has 2 heterocycles. The summed E-state index contributed by atoms with van der Waals surface area (Å²) >= 11 is 2.69. The number of thiophene rings is 1. The van der Waals surface area contributed by atoms with E-state index in [1.54, 1.807) is 6.92 Å². The number of H-pyrrole nitrogens is 1. The summed E-state index contributed by atoms with van der Waals surface area (Å²) in [6.07, 6.45) is 0.573. The lowest BCUT2D eigenvalue weighted by Crippen LogP contribution is -2.16. The van der Waals surface area contributed by atoms with Gasteiger partial charge in [-0.05, 0) is 34.7 Å². The molecule has 140 valence electrons. The second kappa shape index (κ2) is 8.12. The number of rotatable bonds is 6. The predicted molar refractivity (Wildman–Crippen MR) is 116 cm³/mol. The molecule has 4 nitrogen and oxygen atoms in total. The highest BCUT2D eigenvalue weighted by Crippen LogP contribution is 2.23. The summed E-state index contributed by atoms with van der Waals surface area (Å²) in [5.74, 6) is 0.291. The van der Waals surface area contributed by atoms with Gasteiger partial charge in [0.2, 0.25) is 0 Å². The number of nitrogens with zero attached hydrogens (tertiary/aromatic N) is 1. The standard InChI is InChI=1S/C22H18N2O2S2/c1-14-18(12-16-8-4-7-15-6-2-3-9-17(15)16)23-22(24-21(14)26)28-13-19(25)20-10-5-11-27-20/h2-11H,12-13H2,1H3,(H,23,24,26). The molecule has 2 aromatic heterocycles. The molecule has 4 aromatic rings. The minimum atomic E-state index is -0.156. The van der Waals surface area contributed by atoms with Crippen molar-refractivity contribution in [3.63, 3.8) is 0 Å². The molecule has 0 aliphatic heterocycles. The van der Waals surface area contributed by atoms with Crippen molar-refractivity contribution in [1.82, 2.24) is 9.97 Å². The number of carbonyl (C=O) groups is 1. The molecule has 0 atom stereocenters. The van der Waals surface area contributed by atoms with E-state index in [-0.39, 0.29) is 17.1 Å². The van der Waals surface area contributed by atoms with E-state index in [4.69, 9.17) is 0 Å². The molecule has 6 heteroatoms. The SMILES string of the molecule is Cc1c(Cc2cccc3ccccc23)nc(SCC(=O)c2cccs2)[nH]c1=O. The van der Waals surface area contributed by atoms with Gasteiger partial charge in [0.1, 0.15) is 0 Å². The van der Waals surface area contributed by atoms with E-state index in [2.05, 4.69) is 34.2 Å². The maximum atomic E-state index is 12.4. The van der Waals surface area contributed by atoms with Crippen molar-refractivity contribution < 1.29 is 4.79 Å². The number of hydrogen-bond acceptors (Lipinski definition) is 5. The highest BCUT2D eigenvalue weighted by atomic mass is 32.2. The van der Waals surface area contributed by atoms with Crippen LogP contribution in [0.4, 0.5) is 0 Å². The fraction of sp³-hybridized carbons (Fsp3) is 0.136. The van der Waals surface area contributed by atoms with Gasteiger partial charge in [-0.2, -0.15) is 0 Å². The first-order valence-electron chi connectivity index (χ1n) is 8.88. The van der Waals surface area contributed by atoms with Crippen LogP contribution in [-0.2, 0) is 6.42 Å². The van der Waals surface area contributed by atoms with Crippen LogP contribution in [0.15, 0.2) is 69.9 Å². The van der Waals surface area contributed by atoms with E-state index in [9.17, 15) is 9.59 Å². The van der Waals surface area contributed by atoms with E-state index in [1.165, 1.54) is 28.5 Å². The van der Waals surface area contributed by atoms with Crippen LogP contribution in [0.1, 0.15) is 26.5 Å². The van der Waals surface area contributed by atoms with Crippen LogP contribution in [0.25, 0.3) is 10.8 Å². The van der Waals surface area contributed by atoms with E-state index in [0.717, 1.165) is 21.5 Å². The minimum absolute atomic E-state index is 0.0406. The number of aromatic amines is 1. The number of ketones is 1. The van der Waals surface area contributed by atoms with Crippen LogP contribution in [0.2, 0.25) is 0 Å². The summed E-state index contributed by atoms with van der Waals surface area (Å²) in [5.41, 5.74) is 2.33. The molecule has 4 rings (SSSR count). The summed E-state index contributed by atoms with van der Waals surface area (Å²) in [6, 6.07) is 18.0. The van der Waals surface area contributed by atoms with Gasteiger partial charge in [0.05, 0.1) is 16.3 Å². The largest absolute Gasteiger partial charge is 0.301 e. The number of benzene rings is 2. The summed E-state index contributed by atoms with van der Waals surface area (Å²) in [6.45, 7) is 1.79. The van der Waals surface area contributed by atoms with Crippen LogP contribution in [0.5, 0.6) is 0 Å². The van der Waals surface area contributed by atoms with E-state index in [0.29, 0.717) is 17.1 Å². The van der Waals surface area contributed by atoms with Gasteiger partial charge in [-0.3, -0.25) is 9.59 Å². The van der Waals surface area contributed by atoms with Gasteiger partial charge >= 0.3 is 0 Å². The molecule has 0 radical (unpaired) electrons. The molecular formula is C22H18N2O2S2. The molecule has 2 aromatic carbocycles. The van der Waals surface area contributed by atoms with Crippen LogP contribution in [0.3, 0.4) is 0 Å². The van der Waals surface area contributed by atoms with Crippen molar-refractivity contribution in [3.8, 4) is 0 Å². The van der Waals surface area contributed by atoms with Crippen molar-refractivity contribution in [1.29, 1.82) is 0 Å². The van der Waals surface area contributed by atoms with Gasteiger partial charge in [-0.25, -0.2) is 4.98 Å². The average molecular weight is 407 g/mol. The molecule has 1 N–H and O–H groups in total. The maximum absolute atomic E-state index is 12.4. The van der Waals surface area contributed by atoms with Gasteiger partial charge < -0.3 is 4.98 Å². The molecular weight excluding hydrogens is 388 g/mol. The van der Waals surface area contributed by atoms with E-state index in [1.807, 2.05) is 35.7 Å². The van der Waals surface area contributed by atoms with Crippen LogP contribution < -0.4 is 5.56 Å². The lowest BCUT2D eigenvalue weighted by Gasteiger charge is -2.10. The number of Topliss-reactive ketones (excluding diaryl/α,β-unsaturated/α-hetero) is 1. The Morgan fingerprint density at radius 2 is 1.93 bits per heavy atom. The first-order chi connectivity index (χ1) is 13.6. The zero-order chi connectivity index (χ0) is 19.5. The monoisotopic (exact) mass is 406 g/mol. The third-order valence-corrected chi connectivity index (χ3v) is 6.39. The van der Waals surface area contributed by atoms with Crippen molar-refractivity contribution in [2.45, 2.75) is 18.5 Å². The summed E-state index contributed by atoms with van der Waals surface area (Å²) in [5, 5.41) is 4.69. The number of hydrogen-bond donors (Lipinski definition) is 1. The number of thioether (sulfide) groups is 1. The van der Waals surface area contributed by atoms with E-state index < -0.39 is 0 Å². The number of carbonyl (C=O) groups excluding carboxylic acids is 1. The average Bonchev–Trinajstić information content (AvgIpc) is 3.25. The Labute approximate surface area is 170 Å². The molecule has 0 aliphatic rings. The maximum Gasteiger partial charge on any atom is 0.254 e. The quantitative estimate of drug-likeness (QED) is 0.282. The lowest BCUT2D eigenvalue weighted by molar-refractivity contribution is 0.102. The molecule has 0 saturated heterocycles. The second-order valence-electron chi connectivity index (χ2n) is 6.45. The van der Waals surface area contributed by atoms with Gasteiger partial charge in [-0.1, -0.05) is 60.3 Å². The molecule has 0 bridgehead atoms. The van der Waals surface area contributed by atoms with E-state index >= 15 is 0 Å². The molecule has 0 amide bonds. The first kappa shape index (κ1) is 18.7. The Hall–Kier alpha value is -2.70. The van der Waals surface area contributed by atoms with Crippen LogP contribution >= 0.6 is 23.1 Å². The molecule has 0 saturated carbocycles. The predicted octanol–water partition coefficient (Wildman–Crippen LogP) is 4.86. The van der Waals surface area contributed by atoms with Crippen molar-refractivity contribution in [2.24, 2.45) is 0 Å². The first-order valence-corrected chi connectivity index (χ1v) is 10.7. The smallest absolute Gasteiger partial charge is 0.254 e. The molecule has 0 spiro atoms. The topological polar surface area (TPSA) is 62.8 Å². The fourth-order valence-electron chi connectivity index (χ4n) is 3.07. The molecule has 28 heavy (non-hydrogen) atoms. The van der Waals surface area contributed by atoms with Crippen LogP contribution in [-0.4, -0.2) is 21.5 Å². The zero-order valence-electron chi connectivity index (χ0n) is 15.3. The lowest BCUT2D eigenvalue weighted by atomic mass is 9.99. The normalized spacial score (nSPS) is 11.0. The highest BCUT2D eigenvalue weighted by Gasteiger charge is 2.13. The number of fused-ring (bicyclic) bond motifs is 1. The summed E-state index contributed by atoms with van der Waals surface area (Å²) < 4.78 is 0. The zero-order valence-corrected chi connectivity index (χ0v) is 16.9. The van der Waals surface area contributed by atoms with Crippen molar-refractivity contribution in [2.75, 3.05) is 5.75 Å².